The fourth-order valence-electron chi connectivity index (χ4n) is 3.71. The predicted molar refractivity (Wildman–Crippen MR) is 151 cm³/mol. The van der Waals surface area contributed by atoms with E-state index in [4.69, 9.17) is 4.74 Å². The monoisotopic (exact) mass is 553 g/mol. The van der Waals surface area contributed by atoms with Gasteiger partial charge in [0.05, 0.1) is 18.1 Å². The number of benzene rings is 1. The van der Waals surface area contributed by atoms with Gasteiger partial charge in [0, 0.05) is 27.9 Å². The van der Waals surface area contributed by atoms with Gasteiger partial charge in [-0.15, -0.1) is 28.1 Å². The first-order valence-electron chi connectivity index (χ1n) is 11.6. The zero-order valence-corrected chi connectivity index (χ0v) is 23.5. The molecular formula is C26H27N5O3S3. The Morgan fingerprint density at radius 3 is 2.65 bits per heavy atom. The van der Waals surface area contributed by atoms with Crippen molar-refractivity contribution in [1.29, 1.82) is 0 Å². The SMILES string of the molecule is C=CCn1c(SCC(=O)Nc2nc(C)c(C(=O)OCC)s2)nnc1-c1csc(C)c1-c1ccc(C)cc1. The van der Waals surface area contributed by atoms with Crippen molar-refractivity contribution in [3.63, 3.8) is 0 Å². The Kier molecular flexibility index (Phi) is 8.57. The fraction of sp³-hybridized carbons (Fsp3) is 0.269. The van der Waals surface area contributed by atoms with E-state index in [2.05, 4.69) is 70.6 Å². The molecule has 37 heavy (non-hydrogen) atoms. The summed E-state index contributed by atoms with van der Waals surface area (Å²) in [4.78, 5) is 30.5. The molecule has 4 rings (SSSR count). The molecule has 4 aromatic rings. The third-order valence-electron chi connectivity index (χ3n) is 5.42. The molecule has 0 aliphatic rings. The number of allylic oxidation sites excluding steroid dienone is 1. The number of hydrogen-bond donors (Lipinski definition) is 1. The van der Waals surface area contributed by atoms with E-state index in [9.17, 15) is 9.59 Å². The molecule has 0 atom stereocenters. The van der Waals surface area contributed by atoms with Crippen LogP contribution in [0.4, 0.5) is 5.13 Å². The lowest BCUT2D eigenvalue weighted by atomic mass is 10.0. The topological polar surface area (TPSA) is 99.0 Å². The second kappa shape index (κ2) is 11.8. The maximum atomic E-state index is 12.7. The molecule has 1 amide bonds. The summed E-state index contributed by atoms with van der Waals surface area (Å²) in [6.45, 7) is 12.3. The third kappa shape index (κ3) is 6.00. The minimum absolute atomic E-state index is 0.107. The quantitative estimate of drug-likeness (QED) is 0.143. The largest absolute Gasteiger partial charge is 0.462 e. The van der Waals surface area contributed by atoms with Gasteiger partial charge in [-0.1, -0.05) is 59.0 Å². The van der Waals surface area contributed by atoms with Gasteiger partial charge in [-0.2, -0.15) is 0 Å². The summed E-state index contributed by atoms with van der Waals surface area (Å²) in [6, 6.07) is 8.44. The molecule has 1 aromatic carbocycles. The molecule has 0 unspecified atom stereocenters. The first kappa shape index (κ1) is 26.8. The Balaban J connectivity index is 1.52. The van der Waals surface area contributed by atoms with Crippen LogP contribution in [-0.4, -0.2) is 44.0 Å². The van der Waals surface area contributed by atoms with Crippen molar-refractivity contribution >= 4 is 51.4 Å². The van der Waals surface area contributed by atoms with E-state index in [0.29, 0.717) is 27.4 Å². The van der Waals surface area contributed by atoms with Gasteiger partial charge in [-0.05, 0) is 33.3 Å². The number of aryl methyl sites for hydroxylation is 3. The van der Waals surface area contributed by atoms with Crippen LogP contribution in [0.25, 0.3) is 22.5 Å². The summed E-state index contributed by atoms with van der Waals surface area (Å²) in [6.07, 6.45) is 1.79. The van der Waals surface area contributed by atoms with Crippen LogP contribution in [0.1, 0.15) is 32.7 Å². The predicted octanol–water partition coefficient (Wildman–Crippen LogP) is 6.15. The standard InChI is InChI=1S/C26H27N5O3S3/c1-6-12-31-23(19-13-35-17(5)21(19)18-10-8-15(3)9-11-18)29-30-26(31)36-14-20(32)28-25-27-16(4)22(37-25)24(33)34-7-2/h6,8-11,13H,1,7,12,14H2,2-5H3,(H,27,28,32). The lowest BCUT2D eigenvalue weighted by Gasteiger charge is -2.10. The molecule has 1 N–H and O–H groups in total. The number of rotatable bonds is 10. The molecule has 0 saturated carbocycles. The van der Waals surface area contributed by atoms with Gasteiger partial charge < -0.3 is 10.1 Å². The molecule has 11 heteroatoms. The number of hydrogen-bond acceptors (Lipinski definition) is 9. The number of aromatic nitrogens is 4. The van der Waals surface area contributed by atoms with E-state index >= 15 is 0 Å². The molecule has 0 aliphatic carbocycles. The molecule has 3 aromatic heterocycles. The van der Waals surface area contributed by atoms with Crippen molar-refractivity contribution in [1.82, 2.24) is 19.7 Å². The van der Waals surface area contributed by atoms with Crippen molar-refractivity contribution in [2.24, 2.45) is 0 Å². The number of esters is 1. The first-order chi connectivity index (χ1) is 17.8. The van der Waals surface area contributed by atoms with Crippen LogP contribution in [0, 0.1) is 20.8 Å². The Morgan fingerprint density at radius 1 is 1.19 bits per heavy atom. The van der Waals surface area contributed by atoms with Crippen molar-refractivity contribution < 1.29 is 14.3 Å². The average molecular weight is 554 g/mol. The molecule has 192 valence electrons. The molecule has 3 heterocycles. The minimum atomic E-state index is -0.439. The van der Waals surface area contributed by atoms with Gasteiger partial charge in [-0.25, -0.2) is 9.78 Å². The Labute approximate surface area is 227 Å². The second-order valence-electron chi connectivity index (χ2n) is 8.14. The lowest BCUT2D eigenvalue weighted by Crippen LogP contribution is -2.14. The second-order valence-corrected chi connectivity index (χ2v) is 11.2. The molecule has 0 spiro atoms. The van der Waals surface area contributed by atoms with Gasteiger partial charge in [-0.3, -0.25) is 9.36 Å². The number of ether oxygens (including phenoxy) is 1. The highest BCUT2D eigenvalue weighted by Gasteiger charge is 2.22. The van der Waals surface area contributed by atoms with Crippen LogP contribution in [0.5, 0.6) is 0 Å². The van der Waals surface area contributed by atoms with E-state index in [-0.39, 0.29) is 18.3 Å². The summed E-state index contributed by atoms with van der Waals surface area (Å²) in [5.74, 6) is 0.148. The molecule has 8 nitrogen and oxygen atoms in total. The van der Waals surface area contributed by atoms with Crippen LogP contribution in [0.3, 0.4) is 0 Å². The highest BCUT2D eigenvalue weighted by atomic mass is 32.2. The van der Waals surface area contributed by atoms with E-state index in [1.165, 1.54) is 22.2 Å². The Bertz CT molecular complexity index is 1440. The number of thiazole rings is 1. The maximum absolute atomic E-state index is 12.7. The van der Waals surface area contributed by atoms with Crippen molar-refractivity contribution in [2.45, 2.75) is 39.4 Å². The van der Waals surface area contributed by atoms with Crippen LogP contribution in [0.15, 0.2) is 47.5 Å². The first-order valence-corrected chi connectivity index (χ1v) is 14.3. The number of carbonyl (C=O) groups is 2. The Hall–Kier alpha value is -3.28. The molecule has 0 fully saturated rings. The molecule has 0 radical (unpaired) electrons. The summed E-state index contributed by atoms with van der Waals surface area (Å²) < 4.78 is 7.01. The smallest absolute Gasteiger partial charge is 0.350 e. The maximum Gasteiger partial charge on any atom is 0.350 e. The molecule has 0 bridgehead atoms. The van der Waals surface area contributed by atoms with Crippen molar-refractivity contribution in [3.8, 4) is 22.5 Å². The fourth-order valence-corrected chi connectivity index (χ4v) is 6.20. The highest BCUT2D eigenvalue weighted by molar-refractivity contribution is 7.99. The number of thiophene rings is 1. The number of anilines is 1. The number of nitrogens with one attached hydrogen (secondary N) is 1. The van der Waals surface area contributed by atoms with Crippen molar-refractivity contribution in [2.75, 3.05) is 17.7 Å². The summed E-state index contributed by atoms with van der Waals surface area (Å²) >= 11 is 4.06. The van der Waals surface area contributed by atoms with Gasteiger partial charge in [0.25, 0.3) is 0 Å². The molecule has 0 aliphatic heterocycles. The zero-order valence-electron chi connectivity index (χ0n) is 21.0. The van der Waals surface area contributed by atoms with E-state index in [0.717, 1.165) is 33.9 Å². The van der Waals surface area contributed by atoms with Crippen LogP contribution < -0.4 is 5.32 Å². The van der Waals surface area contributed by atoms with Gasteiger partial charge >= 0.3 is 5.97 Å². The zero-order chi connectivity index (χ0) is 26.5. The number of thioether (sulfide) groups is 1. The molecular weight excluding hydrogens is 527 g/mol. The van der Waals surface area contributed by atoms with Crippen LogP contribution in [-0.2, 0) is 16.1 Å². The molecule has 0 saturated heterocycles. The van der Waals surface area contributed by atoms with Gasteiger partial charge in [0.1, 0.15) is 4.88 Å². The third-order valence-corrected chi connectivity index (χ3v) is 8.35. The minimum Gasteiger partial charge on any atom is -0.462 e. The van der Waals surface area contributed by atoms with E-state index < -0.39 is 5.97 Å². The van der Waals surface area contributed by atoms with Crippen LogP contribution in [0.2, 0.25) is 0 Å². The van der Waals surface area contributed by atoms with Gasteiger partial charge in [0.2, 0.25) is 5.91 Å². The van der Waals surface area contributed by atoms with Crippen LogP contribution >= 0.6 is 34.4 Å². The normalized spacial score (nSPS) is 10.9. The van der Waals surface area contributed by atoms with Crippen molar-refractivity contribution in [3.05, 3.63) is 63.3 Å². The Morgan fingerprint density at radius 2 is 1.95 bits per heavy atom. The van der Waals surface area contributed by atoms with Gasteiger partial charge in [0.15, 0.2) is 16.1 Å². The number of carbonyl (C=O) groups excluding carboxylic acids is 2. The highest BCUT2D eigenvalue weighted by Crippen LogP contribution is 2.39. The average Bonchev–Trinajstić information content (AvgIpc) is 3.55. The number of amides is 1. The van der Waals surface area contributed by atoms with E-state index in [1.54, 1.807) is 31.3 Å². The summed E-state index contributed by atoms with van der Waals surface area (Å²) in [7, 11) is 0. The van der Waals surface area contributed by atoms with E-state index in [1.807, 2.05) is 4.57 Å². The lowest BCUT2D eigenvalue weighted by molar-refractivity contribution is -0.113. The summed E-state index contributed by atoms with van der Waals surface area (Å²) in [5, 5.41) is 14.7. The summed E-state index contributed by atoms with van der Waals surface area (Å²) in [5.41, 5.74) is 4.99. The number of nitrogens with zero attached hydrogens (tertiary/aromatic N) is 4.